The normalized spacial score (nSPS) is 20.2. The molecule has 1 fully saturated rings. The predicted octanol–water partition coefficient (Wildman–Crippen LogP) is -0.290. The van der Waals surface area contributed by atoms with Gasteiger partial charge in [0.15, 0.2) is 0 Å². The standard InChI is InChI=1S/C21H25N5OS/c1-2-19-23-26-20(27)15-18(22-21(26)28-19)16-25-13-11-24(12-14-25)10-6-9-17-7-4-3-5-8-17/h3-9,15H,2,10-14,16H2,1H3/p+2/b9-6+. The molecule has 0 amide bonds. The van der Waals surface area contributed by atoms with Gasteiger partial charge in [-0.1, -0.05) is 54.7 Å². The summed E-state index contributed by atoms with van der Waals surface area (Å²) in [5, 5.41) is 5.28. The summed E-state index contributed by atoms with van der Waals surface area (Å²) >= 11 is 1.52. The number of hydrogen-bond donors (Lipinski definition) is 2. The largest absolute Gasteiger partial charge is 0.322 e. The molecule has 6 nitrogen and oxygen atoms in total. The van der Waals surface area contributed by atoms with E-state index in [2.05, 4.69) is 46.5 Å². The SMILES string of the molecule is CCc1nn2c(=O)cc(C[NH+]3CC[NH+](C/C=C/c4ccccc4)CC3)nc2s1. The van der Waals surface area contributed by atoms with Crippen LogP contribution < -0.4 is 15.4 Å². The number of aryl methyl sites for hydroxylation is 1. The lowest BCUT2D eigenvalue weighted by molar-refractivity contribution is -1.02. The van der Waals surface area contributed by atoms with Crippen molar-refractivity contribution < 1.29 is 9.80 Å². The van der Waals surface area contributed by atoms with Gasteiger partial charge in [-0.3, -0.25) is 4.79 Å². The van der Waals surface area contributed by atoms with E-state index in [0.29, 0.717) is 4.96 Å². The van der Waals surface area contributed by atoms with E-state index in [0.717, 1.165) is 56.4 Å². The lowest BCUT2D eigenvalue weighted by Crippen LogP contribution is -3.27. The van der Waals surface area contributed by atoms with Crippen LogP contribution in [0.25, 0.3) is 11.0 Å². The van der Waals surface area contributed by atoms with Crippen LogP contribution in [0.1, 0.15) is 23.2 Å². The molecular formula is C21H27N5OS+2. The zero-order valence-electron chi connectivity index (χ0n) is 16.2. The van der Waals surface area contributed by atoms with Crippen LogP contribution in [0.15, 0.2) is 47.3 Å². The van der Waals surface area contributed by atoms with E-state index in [1.165, 1.54) is 26.3 Å². The summed E-state index contributed by atoms with van der Waals surface area (Å²) in [6, 6.07) is 12.1. The summed E-state index contributed by atoms with van der Waals surface area (Å²) in [6.45, 7) is 8.45. The number of benzene rings is 1. The van der Waals surface area contributed by atoms with Crippen LogP contribution in [0.5, 0.6) is 0 Å². The molecule has 0 radical (unpaired) electrons. The molecule has 0 bridgehead atoms. The fourth-order valence-corrected chi connectivity index (χ4v) is 4.51. The van der Waals surface area contributed by atoms with E-state index >= 15 is 0 Å². The highest BCUT2D eigenvalue weighted by Gasteiger charge is 2.23. The maximum atomic E-state index is 12.3. The van der Waals surface area contributed by atoms with Crippen LogP contribution in [0.3, 0.4) is 0 Å². The molecule has 1 aromatic carbocycles. The number of nitrogens with one attached hydrogen (secondary N) is 2. The Morgan fingerprint density at radius 2 is 1.89 bits per heavy atom. The maximum Gasteiger partial charge on any atom is 0.275 e. The topological polar surface area (TPSA) is 56.1 Å². The van der Waals surface area contributed by atoms with Gasteiger partial charge < -0.3 is 9.80 Å². The summed E-state index contributed by atoms with van der Waals surface area (Å²) < 4.78 is 1.43. The Hall–Kier alpha value is -2.35. The Morgan fingerprint density at radius 3 is 2.64 bits per heavy atom. The molecule has 1 saturated heterocycles. The molecule has 4 rings (SSSR count). The van der Waals surface area contributed by atoms with E-state index in [4.69, 9.17) is 0 Å². The third-order valence-electron chi connectivity index (χ3n) is 5.25. The van der Waals surface area contributed by atoms with Gasteiger partial charge in [-0.15, -0.1) is 0 Å². The van der Waals surface area contributed by atoms with Gasteiger partial charge in [0, 0.05) is 6.07 Å². The molecule has 0 saturated carbocycles. The smallest absolute Gasteiger partial charge is 0.275 e. The molecule has 28 heavy (non-hydrogen) atoms. The number of rotatable bonds is 6. The van der Waals surface area contributed by atoms with Gasteiger partial charge in [0.1, 0.15) is 43.4 Å². The minimum absolute atomic E-state index is 0.0642. The number of nitrogens with zero attached hydrogens (tertiary/aromatic N) is 3. The van der Waals surface area contributed by atoms with Crippen molar-refractivity contribution in [3.63, 3.8) is 0 Å². The van der Waals surface area contributed by atoms with Crippen molar-refractivity contribution in [1.29, 1.82) is 0 Å². The number of aromatic nitrogens is 3. The average Bonchev–Trinajstić information content (AvgIpc) is 3.14. The Bertz CT molecular complexity index is 1000. The van der Waals surface area contributed by atoms with E-state index in [-0.39, 0.29) is 5.56 Å². The monoisotopic (exact) mass is 397 g/mol. The summed E-state index contributed by atoms with van der Waals surface area (Å²) in [6.07, 6.45) is 5.32. The second-order valence-electron chi connectivity index (χ2n) is 7.32. The molecule has 7 heteroatoms. The zero-order valence-corrected chi connectivity index (χ0v) is 17.0. The van der Waals surface area contributed by atoms with Crippen molar-refractivity contribution in [1.82, 2.24) is 14.6 Å². The van der Waals surface area contributed by atoms with E-state index < -0.39 is 0 Å². The molecule has 146 valence electrons. The first-order valence-corrected chi connectivity index (χ1v) is 10.8. The molecule has 3 aromatic rings. The lowest BCUT2D eigenvalue weighted by Gasteiger charge is -2.28. The molecule has 0 unspecified atom stereocenters. The van der Waals surface area contributed by atoms with Gasteiger partial charge in [-0.25, -0.2) is 4.98 Å². The second-order valence-corrected chi connectivity index (χ2v) is 8.36. The van der Waals surface area contributed by atoms with Crippen LogP contribution in [-0.4, -0.2) is 47.3 Å². The zero-order chi connectivity index (χ0) is 19.3. The van der Waals surface area contributed by atoms with Crippen molar-refractivity contribution in [2.24, 2.45) is 0 Å². The Labute approximate surface area is 168 Å². The van der Waals surface area contributed by atoms with Gasteiger partial charge >= 0.3 is 0 Å². The van der Waals surface area contributed by atoms with Gasteiger partial charge in [0.2, 0.25) is 4.96 Å². The second kappa shape index (κ2) is 8.77. The van der Waals surface area contributed by atoms with Gasteiger partial charge in [0.25, 0.3) is 5.56 Å². The Balaban J connectivity index is 1.31. The molecule has 2 N–H and O–H groups in total. The fourth-order valence-electron chi connectivity index (χ4n) is 3.65. The summed E-state index contributed by atoms with van der Waals surface area (Å²) in [5.74, 6) is 0. The van der Waals surface area contributed by atoms with Crippen molar-refractivity contribution >= 4 is 22.4 Å². The van der Waals surface area contributed by atoms with Crippen LogP contribution in [-0.2, 0) is 13.0 Å². The highest BCUT2D eigenvalue weighted by atomic mass is 32.1. The van der Waals surface area contributed by atoms with E-state index in [1.807, 2.05) is 13.0 Å². The summed E-state index contributed by atoms with van der Waals surface area (Å²) in [4.78, 5) is 20.8. The highest BCUT2D eigenvalue weighted by Crippen LogP contribution is 2.11. The number of hydrogen-bond acceptors (Lipinski definition) is 4. The van der Waals surface area contributed by atoms with Crippen molar-refractivity contribution in [3.05, 3.63) is 69.1 Å². The minimum atomic E-state index is -0.0642. The average molecular weight is 398 g/mol. The Kier molecular flexibility index (Phi) is 5.95. The summed E-state index contributed by atoms with van der Waals surface area (Å²) in [7, 11) is 0. The number of piperazine rings is 1. The molecule has 0 atom stereocenters. The third-order valence-corrected chi connectivity index (χ3v) is 6.31. The van der Waals surface area contributed by atoms with Crippen LogP contribution in [0.4, 0.5) is 0 Å². The molecule has 2 aromatic heterocycles. The van der Waals surface area contributed by atoms with Gasteiger partial charge in [-0.05, 0) is 18.1 Å². The Morgan fingerprint density at radius 1 is 1.14 bits per heavy atom. The van der Waals surface area contributed by atoms with Gasteiger partial charge in [0.05, 0.1) is 6.54 Å². The first-order valence-electron chi connectivity index (χ1n) is 9.98. The molecule has 0 spiro atoms. The number of quaternary nitrogens is 2. The fraction of sp³-hybridized carbons (Fsp3) is 0.381. The molecule has 1 aliphatic heterocycles. The van der Waals surface area contributed by atoms with Crippen LogP contribution in [0, 0.1) is 0 Å². The predicted molar refractivity (Wildman–Crippen MR) is 112 cm³/mol. The van der Waals surface area contributed by atoms with Crippen LogP contribution in [0.2, 0.25) is 0 Å². The molecule has 0 aliphatic carbocycles. The van der Waals surface area contributed by atoms with E-state index in [1.54, 1.807) is 11.0 Å². The van der Waals surface area contributed by atoms with Crippen molar-refractivity contribution in [3.8, 4) is 0 Å². The maximum absolute atomic E-state index is 12.3. The highest BCUT2D eigenvalue weighted by molar-refractivity contribution is 7.16. The molecule has 1 aliphatic rings. The van der Waals surface area contributed by atoms with Crippen molar-refractivity contribution in [2.75, 3.05) is 32.7 Å². The van der Waals surface area contributed by atoms with Crippen LogP contribution >= 0.6 is 11.3 Å². The molecular weight excluding hydrogens is 370 g/mol. The summed E-state index contributed by atoms with van der Waals surface area (Å²) in [5.41, 5.74) is 2.08. The van der Waals surface area contributed by atoms with Gasteiger partial charge in [-0.2, -0.15) is 9.61 Å². The minimum Gasteiger partial charge on any atom is -0.322 e. The lowest BCUT2D eigenvalue weighted by atomic mass is 10.2. The van der Waals surface area contributed by atoms with Crippen molar-refractivity contribution in [2.45, 2.75) is 19.9 Å². The van der Waals surface area contributed by atoms with E-state index in [9.17, 15) is 4.79 Å². The number of fused-ring (bicyclic) bond motifs is 1. The first kappa shape index (κ1) is 19.0. The first-order chi connectivity index (χ1) is 13.7. The molecule has 3 heterocycles. The quantitative estimate of drug-likeness (QED) is 0.601. The third kappa shape index (κ3) is 4.55.